The fourth-order valence-electron chi connectivity index (χ4n) is 1.50. The highest BCUT2D eigenvalue weighted by atomic mass is 32.1. The molecule has 0 unspecified atom stereocenters. The van der Waals surface area contributed by atoms with Crippen LogP contribution in [0.25, 0.3) is 0 Å². The van der Waals surface area contributed by atoms with Crippen LogP contribution in [0.15, 0.2) is 0 Å². The Bertz CT molecular complexity index is 352. The molecule has 0 fully saturated rings. The van der Waals surface area contributed by atoms with Crippen LogP contribution in [0.1, 0.15) is 43.8 Å². The average Bonchev–Trinajstić information content (AvgIpc) is 2.02. The molecule has 2 nitrogen and oxygen atoms in total. The molecule has 1 N–H and O–H groups in total. The lowest BCUT2D eigenvalue weighted by molar-refractivity contribution is 0.798. The van der Waals surface area contributed by atoms with E-state index in [0.29, 0.717) is 5.92 Å². The maximum atomic E-state index is 5.24. The van der Waals surface area contributed by atoms with Crippen LogP contribution >= 0.6 is 12.2 Å². The molecule has 0 aliphatic carbocycles. The maximum Gasteiger partial charge on any atom is 0.133 e. The van der Waals surface area contributed by atoms with Gasteiger partial charge in [0.15, 0.2) is 0 Å². The molecule has 1 aromatic rings. The Hall–Kier alpha value is -0.700. The largest absolute Gasteiger partial charge is 0.347 e. The predicted octanol–water partition coefficient (Wildman–Crippen LogP) is 3.13. The Morgan fingerprint density at radius 3 is 2.46 bits per heavy atom. The molecule has 0 aliphatic rings. The minimum absolute atomic E-state index is 0.446. The summed E-state index contributed by atoms with van der Waals surface area (Å²) in [6.07, 6.45) is 0.906. The summed E-state index contributed by atoms with van der Waals surface area (Å²) in [7, 11) is 0. The molecular weight excluding hydrogens is 180 g/mol. The molecule has 0 atom stereocenters. The summed E-state index contributed by atoms with van der Waals surface area (Å²) in [6.45, 7) is 8.41. The monoisotopic (exact) mass is 196 g/mol. The van der Waals surface area contributed by atoms with Gasteiger partial charge in [0.05, 0.1) is 0 Å². The maximum absolute atomic E-state index is 5.24. The normalized spacial score (nSPS) is 10.8. The van der Waals surface area contributed by atoms with Gasteiger partial charge in [-0.15, -0.1) is 0 Å². The molecule has 1 aromatic heterocycles. The number of H-pyrrole nitrogens is 1. The van der Waals surface area contributed by atoms with E-state index in [1.807, 2.05) is 0 Å². The molecule has 0 amide bonds. The van der Waals surface area contributed by atoms with Crippen LogP contribution in [-0.2, 0) is 6.42 Å². The van der Waals surface area contributed by atoms with Crippen molar-refractivity contribution >= 4 is 12.2 Å². The first-order valence-electron chi connectivity index (χ1n) is 4.66. The molecule has 13 heavy (non-hydrogen) atoms. The molecule has 0 radical (unpaired) electrons. The van der Waals surface area contributed by atoms with Crippen LogP contribution in [0.3, 0.4) is 0 Å². The van der Waals surface area contributed by atoms with E-state index < -0.39 is 0 Å². The van der Waals surface area contributed by atoms with E-state index in [2.05, 4.69) is 37.7 Å². The van der Waals surface area contributed by atoms with E-state index in [1.165, 1.54) is 5.56 Å². The molecule has 0 saturated carbocycles. The van der Waals surface area contributed by atoms with Gasteiger partial charge in [0, 0.05) is 17.7 Å². The Kier molecular flexibility index (Phi) is 3.20. The quantitative estimate of drug-likeness (QED) is 0.736. The van der Waals surface area contributed by atoms with Crippen molar-refractivity contribution in [3.05, 3.63) is 21.7 Å². The standard InChI is InChI=1S/C10H16N2S/c1-5-8-11-7(4)9(6(2)3)10(13)12-8/h6H,5H2,1-4H3,(H,11,12,13). The first-order chi connectivity index (χ1) is 6.06. The highest BCUT2D eigenvalue weighted by Gasteiger charge is 2.07. The number of hydrogen-bond donors (Lipinski definition) is 1. The minimum Gasteiger partial charge on any atom is -0.347 e. The molecule has 1 rings (SSSR count). The molecule has 0 saturated heterocycles. The summed E-state index contributed by atoms with van der Waals surface area (Å²) < 4.78 is 0.753. The summed E-state index contributed by atoms with van der Waals surface area (Å²) in [5.74, 6) is 1.43. The van der Waals surface area contributed by atoms with E-state index in [4.69, 9.17) is 12.2 Å². The van der Waals surface area contributed by atoms with Gasteiger partial charge >= 0.3 is 0 Å². The van der Waals surface area contributed by atoms with Gasteiger partial charge in [-0.3, -0.25) is 0 Å². The van der Waals surface area contributed by atoms with Crippen LogP contribution in [-0.4, -0.2) is 9.97 Å². The van der Waals surface area contributed by atoms with Gasteiger partial charge in [-0.1, -0.05) is 33.0 Å². The van der Waals surface area contributed by atoms with Gasteiger partial charge in [0.2, 0.25) is 0 Å². The van der Waals surface area contributed by atoms with Crippen molar-refractivity contribution < 1.29 is 0 Å². The summed E-state index contributed by atoms with van der Waals surface area (Å²) in [5.41, 5.74) is 2.33. The third-order valence-corrected chi connectivity index (χ3v) is 2.43. The second kappa shape index (κ2) is 4.01. The number of aryl methyl sites for hydroxylation is 2. The number of aromatic amines is 1. The zero-order valence-corrected chi connectivity index (χ0v) is 9.46. The molecule has 3 heteroatoms. The van der Waals surface area contributed by atoms with Crippen molar-refractivity contribution in [3.8, 4) is 0 Å². The Labute approximate surface area is 84.4 Å². The SMILES string of the molecule is CCc1nc(=S)c(C(C)C)c(C)[nH]1. The molecule has 72 valence electrons. The lowest BCUT2D eigenvalue weighted by atomic mass is 10.0. The lowest BCUT2D eigenvalue weighted by Gasteiger charge is -2.10. The van der Waals surface area contributed by atoms with Crippen LogP contribution in [0, 0.1) is 11.6 Å². The number of aromatic nitrogens is 2. The molecule has 0 aromatic carbocycles. The highest BCUT2D eigenvalue weighted by molar-refractivity contribution is 7.71. The zero-order valence-electron chi connectivity index (χ0n) is 8.64. The fourth-order valence-corrected chi connectivity index (χ4v) is 2.00. The van der Waals surface area contributed by atoms with Crippen molar-refractivity contribution in [1.82, 2.24) is 9.97 Å². The highest BCUT2D eigenvalue weighted by Crippen LogP contribution is 2.18. The zero-order chi connectivity index (χ0) is 10.0. The molecule has 0 aliphatic heterocycles. The molecule has 0 spiro atoms. The van der Waals surface area contributed by atoms with Gasteiger partial charge in [-0.2, -0.15) is 0 Å². The number of nitrogens with one attached hydrogen (secondary N) is 1. The third kappa shape index (κ3) is 2.15. The van der Waals surface area contributed by atoms with Gasteiger partial charge in [0.25, 0.3) is 0 Å². The minimum atomic E-state index is 0.446. The van der Waals surface area contributed by atoms with E-state index in [9.17, 15) is 0 Å². The molecular formula is C10H16N2S. The predicted molar refractivity (Wildman–Crippen MR) is 57.6 cm³/mol. The summed E-state index contributed by atoms with van der Waals surface area (Å²) >= 11 is 5.24. The van der Waals surface area contributed by atoms with Crippen LogP contribution in [0.4, 0.5) is 0 Å². The van der Waals surface area contributed by atoms with Gasteiger partial charge < -0.3 is 4.98 Å². The van der Waals surface area contributed by atoms with Gasteiger partial charge in [0.1, 0.15) is 10.5 Å². The van der Waals surface area contributed by atoms with E-state index in [1.54, 1.807) is 0 Å². The van der Waals surface area contributed by atoms with E-state index in [0.717, 1.165) is 22.6 Å². The molecule has 1 heterocycles. The average molecular weight is 196 g/mol. The van der Waals surface area contributed by atoms with Crippen molar-refractivity contribution in [2.45, 2.75) is 40.0 Å². The van der Waals surface area contributed by atoms with E-state index >= 15 is 0 Å². The second-order valence-electron chi connectivity index (χ2n) is 3.54. The number of nitrogens with zero attached hydrogens (tertiary/aromatic N) is 1. The Balaban J connectivity index is 3.32. The summed E-state index contributed by atoms with van der Waals surface area (Å²) in [4.78, 5) is 7.60. The van der Waals surface area contributed by atoms with Crippen molar-refractivity contribution in [1.29, 1.82) is 0 Å². The first-order valence-corrected chi connectivity index (χ1v) is 5.06. The van der Waals surface area contributed by atoms with Crippen molar-refractivity contribution in [2.75, 3.05) is 0 Å². The van der Waals surface area contributed by atoms with Crippen LogP contribution in [0.2, 0.25) is 0 Å². The first kappa shape index (κ1) is 10.4. The topological polar surface area (TPSA) is 28.7 Å². The second-order valence-corrected chi connectivity index (χ2v) is 3.92. The number of rotatable bonds is 2. The lowest BCUT2D eigenvalue weighted by Crippen LogP contribution is -2.03. The van der Waals surface area contributed by atoms with E-state index in [-0.39, 0.29) is 0 Å². The Morgan fingerprint density at radius 1 is 1.46 bits per heavy atom. The van der Waals surface area contributed by atoms with Crippen LogP contribution < -0.4 is 0 Å². The summed E-state index contributed by atoms with van der Waals surface area (Å²) in [6, 6.07) is 0. The van der Waals surface area contributed by atoms with Crippen molar-refractivity contribution in [3.63, 3.8) is 0 Å². The third-order valence-electron chi connectivity index (χ3n) is 2.11. The summed E-state index contributed by atoms with van der Waals surface area (Å²) in [5, 5.41) is 0. The fraction of sp³-hybridized carbons (Fsp3) is 0.600. The van der Waals surface area contributed by atoms with Crippen LogP contribution in [0.5, 0.6) is 0 Å². The van der Waals surface area contributed by atoms with Gasteiger partial charge in [-0.25, -0.2) is 4.98 Å². The molecule has 0 bridgehead atoms. The van der Waals surface area contributed by atoms with Gasteiger partial charge in [-0.05, 0) is 12.8 Å². The number of hydrogen-bond acceptors (Lipinski definition) is 2. The smallest absolute Gasteiger partial charge is 0.133 e. The van der Waals surface area contributed by atoms with Crippen molar-refractivity contribution in [2.24, 2.45) is 0 Å². The Morgan fingerprint density at radius 2 is 2.08 bits per heavy atom.